The van der Waals surface area contributed by atoms with E-state index < -0.39 is 0 Å². The van der Waals surface area contributed by atoms with E-state index in [9.17, 15) is 0 Å². The second-order valence-corrected chi connectivity index (χ2v) is 9.05. The molecular weight excluding hydrogens is 240 g/mol. The van der Waals surface area contributed by atoms with Crippen LogP contribution in [0, 0.1) is 10.8 Å². The number of hydrogen-bond donors (Lipinski definition) is 0. The molecule has 0 bridgehead atoms. The first-order chi connectivity index (χ1) is 9.06. The third-order valence-electron chi connectivity index (χ3n) is 3.35. The Kier molecular flexibility index (Phi) is 5.86. The third-order valence-corrected chi connectivity index (χ3v) is 3.35. The molecule has 0 N–H and O–H groups in total. The molecule has 1 atom stereocenters. The van der Waals surface area contributed by atoms with Gasteiger partial charge in [-0.2, -0.15) is 0 Å². The van der Waals surface area contributed by atoms with Gasteiger partial charge in [0.25, 0.3) is 0 Å². The highest BCUT2D eigenvalue weighted by atomic mass is 14.3. The average Bonchev–Trinajstić information content (AvgIpc) is 2.25. The van der Waals surface area contributed by atoms with Gasteiger partial charge in [-0.05, 0) is 53.6 Å². The zero-order valence-corrected chi connectivity index (χ0v) is 14.7. The van der Waals surface area contributed by atoms with E-state index >= 15 is 0 Å². The monoisotopic (exact) mass is 274 g/mol. The van der Waals surface area contributed by atoms with Gasteiger partial charge >= 0.3 is 0 Å². The summed E-state index contributed by atoms with van der Waals surface area (Å²) in [6.45, 7) is 15.8. The zero-order chi connectivity index (χ0) is 15.4. The molecule has 0 amide bonds. The lowest BCUT2D eigenvalue weighted by Crippen LogP contribution is -2.16. The second kappa shape index (κ2) is 6.78. The van der Waals surface area contributed by atoms with Crippen molar-refractivity contribution in [1.82, 2.24) is 0 Å². The maximum absolute atomic E-state index is 2.35. The Morgan fingerprint density at radius 2 is 1.50 bits per heavy atom. The summed E-state index contributed by atoms with van der Waals surface area (Å²) in [6, 6.07) is 9.02. The quantitative estimate of drug-likeness (QED) is 0.541. The summed E-state index contributed by atoms with van der Waals surface area (Å²) in [6.07, 6.45) is 5.37. The summed E-state index contributed by atoms with van der Waals surface area (Å²) in [7, 11) is 0. The van der Waals surface area contributed by atoms with Gasteiger partial charge < -0.3 is 0 Å². The van der Waals surface area contributed by atoms with Crippen molar-refractivity contribution >= 4 is 0 Å². The van der Waals surface area contributed by atoms with Crippen LogP contribution in [0.5, 0.6) is 0 Å². The molecule has 0 aliphatic heterocycles. The number of hydrogen-bond acceptors (Lipinski definition) is 0. The fraction of sp³-hybridized carbons (Fsp3) is 0.700. The van der Waals surface area contributed by atoms with Crippen LogP contribution in [0.15, 0.2) is 24.3 Å². The molecule has 0 radical (unpaired) electrons. The van der Waals surface area contributed by atoms with Crippen molar-refractivity contribution in [2.45, 2.75) is 80.1 Å². The maximum Gasteiger partial charge on any atom is -0.0154 e. The first kappa shape index (κ1) is 17.3. The largest absolute Gasteiger partial charge is 0.0620 e. The van der Waals surface area contributed by atoms with Gasteiger partial charge in [-0.1, -0.05) is 72.7 Å². The Morgan fingerprint density at radius 3 is 2.05 bits per heavy atom. The van der Waals surface area contributed by atoms with Gasteiger partial charge in [0, 0.05) is 0 Å². The molecule has 0 fully saturated rings. The fourth-order valence-corrected chi connectivity index (χ4v) is 2.81. The van der Waals surface area contributed by atoms with E-state index in [-0.39, 0.29) is 0 Å². The number of benzene rings is 1. The van der Waals surface area contributed by atoms with E-state index in [0.717, 1.165) is 5.92 Å². The molecule has 0 nitrogen and oxygen atoms in total. The average molecular weight is 274 g/mol. The third kappa shape index (κ3) is 7.12. The van der Waals surface area contributed by atoms with E-state index in [1.54, 1.807) is 11.1 Å². The van der Waals surface area contributed by atoms with Crippen molar-refractivity contribution in [3.8, 4) is 0 Å². The highest BCUT2D eigenvalue weighted by Crippen LogP contribution is 2.39. The summed E-state index contributed by atoms with van der Waals surface area (Å²) in [5.74, 6) is 0.801. The van der Waals surface area contributed by atoms with Crippen LogP contribution in [0.25, 0.3) is 0 Å². The molecule has 114 valence electrons. The summed E-state index contributed by atoms with van der Waals surface area (Å²) >= 11 is 0. The first-order valence-corrected chi connectivity index (χ1v) is 8.14. The van der Waals surface area contributed by atoms with Crippen LogP contribution in [0.3, 0.4) is 0 Å². The van der Waals surface area contributed by atoms with E-state index in [0.29, 0.717) is 10.8 Å². The highest BCUT2D eigenvalue weighted by Gasteiger charge is 2.24. The Labute approximate surface area is 127 Å². The van der Waals surface area contributed by atoms with Crippen molar-refractivity contribution in [2.24, 2.45) is 10.8 Å². The van der Waals surface area contributed by atoms with Crippen molar-refractivity contribution < 1.29 is 0 Å². The standard InChI is InChI=1S/C15H22.C5H12/c1-15(2,3)11-13-9-6-8-12-7-4-5-10-14(12)13;1-5(2,3)4/h4-5,7,10,13H,6,8-9,11H2,1-3H3;1-4H3. The summed E-state index contributed by atoms with van der Waals surface area (Å²) in [4.78, 5) is 0. The normalized spacial score (nSPS) is 18.9. The minimum absolute atomic E-state index is 0.453. The van der Waals surface area contributed by atoms with Crippen LogP contribution >= 0.6 is 0 Å². The first-order valence-electron chi connectivity index (χ1n) is 8.14. The van der Waals surface area contributed by atoms with Crippen molar-refractivity contribution in [1.29, 1.82) is 0 Å². The SMILES string of the molecule is CC(C)(C)C.CC(C)(C)CC1CCCc2ccccc21. The number of fused-ring (bicyclic) bond motifs is 1. The molecule has 0 heteroatoms. The van der Waals surface area contributed by atoms with Crippen molar-refractivity contribution in [3.63, 3.8) is 0 Å². The van der Waals surface area contributed by atoms with E-state index in [1.165, 1.54) is 25.7 Å². The zero-order valence-electron chi connectivity index (χ0n) is 14.7. The smallest absolute Gasteiger partial charge is 0.0154 e. The van der Waals surface area contributed by atoms with Gasteiger partial charge in [-0.15, -0.1) is 0 Å². The molecule has 0 aromatic heterocycles. The lowest BCUT2D eigenvalue weighted by atomic mass is 9.74. The molecule has 0 saturated carbocycles. The van der Waals surface area contributed by atoms with Crippen LogP contribution in [0.1, 0.15) is 84.8 Å². The Bertz CT molecular complexity index is 395. The van der Waals surface area contributed by atoms with Gasteiger partial charge in [0.2, 0.25) is 0 Å². The highest BCUT2D eigenvalue weighted by molar-refractivity contribution is 5.32. The van der Waals surface area contributed by atoms with Gasteiger partial charge in [-0.25, -0.2) is 0 Å². The van der Waals surface area contributed by atoms with Crippen LogP contribution in [0.4, 0.5) is 0 Å². The van der Waals surface area contributed by atoms with Crippen molar-refractivity contribution in [3.05, 3.63) is 35.4 Å². The summed E-state index contributed by atoms with van der Waals surface area (Å²) < 4.78 is 0. The molecule has 2 rings (SSSR count). The number of aryl methyl sites for hydroxylation is 1. The molecule has 1 aliphatic carbocycles. The Hall–Kier alpha value is -0.780. The van der Waals surface area contributed by atoms with Gasteiger partial charge in [0.05, 0.1) is 0 Å². The molecular formula is C20H34. The fourth-order valence-electron chi connectivity index (χ4n) is 2.81. The predicted octanol–water partition coefficient (Wildman–Crippen LogP) is 6.60. The summed E-state index contributed by atoms with van der Waals surface area (Å²) in [5.41, 5.74) is 4.17. The molecule has 1 aliphatic rings. The molecule has 1 aromatic rings. The Balaban J connectivity index is 0.000000347. The van der Waals surface area contributed by atoms with Crippen LogP contribution in [0.2, 0.25) is 0 Å². The van der Waals surface area contributed by atoms with Crippen LogP contribution < -0.4 is 0 Å². The van der Waals surface area contributed by atoms with E-state index in [2.05, 4.69) is 72.7 Å². The molecule has 1 aromatic carbocycles. The second-order valence-electron chi connectivity index (χ2n) is 9.05. The van der Waals surface area contributed by atoms with E-state index in [4.69, 9.17) is 0 Å². The van der Waals surface area contributed by atoms with Gasteiger partial charge in [0.1, 0.15) is 0 Å². The lowest BCUT2D eigenvalue weighted by molar-refractivity contribution is 0.321. The van der Waals surface area contributed by atoms with Crippen LogP contribution in [-0.2, 0) is 6.42 Å². The van der Waals surface area contributed by atoms with Crippen molar-refractivity contribution in [2.75, 3.05) is 0 Å². The molecule has 20 heavy (non-hydrogen) atoms. The Morgan fingerprint density at radius 1 is 0.950 bits per heavy atom. The van der Waals surface area contributed by atoms with Gasteiger partial charge in [0.15, 0.2) is 0 Å². The minimum atomic E-state index is 0.453. The number of rotatable bonds is 1. The molecule has 0 saturated heterocycles. The molecule has 1 unspecified atom stereocenters. The van der Waals surface area contributed by atoms with E-state index in [1.807, 2.05) is 0 Å². The maximum atomic E-state index is 2.35. The molecule has 0 heterocycles. The molecule has 0 spiro atoms. The summed E-state index contributed by atoms with van der Waals surface area (Å²) in [5, 5.41) is 0. The predicted molar refractivity (Wildman–Crippen MR) is 91.3 cm³/mol. The topological polar surface area (TPSA) is 0 Å². The minimum Gasteiger partial charge on any atom is -0.0620 e. The lowest BCUT2D eigenvalue weighted by Gasteiger charge is -2.31. The van der Waals surface area contributed by atoms with Crippen LogP contribution in [-0.4, -0.2) is 0 Å². The van der Waals surface area contributed by atoms with Gasteiger partial charge in [-0.3, -0.25) is 0 Å².